The first-order valence-electron chi connectivity index (χ1n) is 5.28. The van der Waals surface area contributed by atoms with Gasteiger partial charge in [-0.15, -0.1) is 0 Å². The van der Waals surface area contributed by atoms with Gasteiger partial charge in [0.2, 0.25) is 0 Å². The molecule has 16 heavy (non-hydrogen) atoms. The zero-order chi connectivity index (χ0) is 11.5. The summed E-state index contributed by atoms with van der Waals surface area (Å²) in [5.41, 5.74) is 4.81. The van der Waals surface area contributed by atoms with Crippen molar-refractivity contribution in [2.45, 2.75) is 12.8 Å². The maximum atomic E-state index is 10.9. The lowest BCUT2D eigenvalue weighted by molar-refractivity contribution is -0.134. The number of ether oxygens (including phenoxy) is 1. The predicted molar refractivity (Wildman–Crippen MR) is 64.8 cm³/mol. The standard InChI is InChI=1S/C14H14O2/c1-10-3-6-12-9-11(4-7-13(10)12)5-8-14(15)16-2/h4-5,7-9H,1,3,6H2,2H3/b8-5+. The summed E-state index contributed by atoms with van der Waals surface area (Å²) in [5, 5.41) is 0. The Morgan fingerprint density at radius 3 is 3.00 bits per heavy atom. The van der Waals surface area contributed by atoms with Crippen LogP contribution in [0.4, 0.5) is 0 Å². The molecule has 0 fully saturated rings. The molecule has 0 saturated heterocycles. The molecule has 1 aliphatic carbocycles. The number of benzene rings is 1. The van der Waals surface area contributed by atoms with Gasteiger partial charge in [0, 0.05) is 6.08 Å². The SMILES string of the molecule is C=C1CCc2cc(/C=C/C(=O)OC)ccc21. The van der Waals surface area contributed by atoms with Gasteiger partial charge in [0.15, 0.2) is 0 Å². The van der Waals surface area contributed by atoms with E-state index < -0.39 is 0 Å². The minimum atomic E-state index is -0.329. The Labute approximate surface area is 95.2 Å². The number of rotatable bonds is 2. The van der Waals surface area contributed by atoms with E-state index in [0.717, 1.165) is 18.4 Å². The molecule has 1 aliphatic rings. The van der Waals surface area contributed by atoms with Gasteiger partial charge in [-0.1, -0.05) is 24.8 Å². The molecule has 0 aromatic heterocycles. The lowest BCUT2D eigenvalue weighted by Crippen LogP contribution is -1.93. The third kappa shape index (κ3) is 2.06. The fourth-order valence-electron chi connectivity index (χ4n) is 1.92. The topological polar surface area (TPSA) is 26.3 Å². The summed E-state index contributed by atoms with van der Waals surface area (Å²) in [6.45, 7) is 4.02. The molecule has 0 bridgehead atoms. The molecule has 2 heteroatoms. The first-order chi connectivity index (χ1) is 7.70. The number of hydrogen-bond acceptors (Lipinski definition) is 2. The van der Waals surface area contributed by atoms with Crippen molar-refractivity contribution in [1.82, 2.24) is 0 Å². The molecule has 0 heterocycles. The van der Waals surface area contributed by atoms with Gasteiger partial charge < -0.3 is 4.74 Å². The summed E-state index contributed by atoms with van der Waals surface area (Å²) in [6.07, 6.45) is 5.30. The molecule has 2 nitrogen and oxygen atoms in total. The third-order valence-electron chi connectivity index (χ3n) is 2.82. The van der Waals surface area contributed by atoms with Crippen molar-refractivity contribution in [3.63, 3.8) is 0 Å². The Kier molecular flexibility index (Phi) is 2.91. The van der Waals surface area contributed by atoms with Crippen molar-refractivity contribution in [3.8, 4) is 0 Å². The van der Waals surface area contributed by atoms with Crippen molar-refractivity contribution in [3.05, 3.63) is 47.5 Å². The fraction of sp³-hybridized carbons (Fsp3) is 0.214. The molecule has 0 saturated carbocycles. The summed E-state index contributed by atoms with van der Waals surface area (Å²) in [6, 6.07) is 6.17. The molecule has 2 rings (SSSR count). The van der Waals surface area contributed by atoms with Gasteiger partial charge in [0.1, 0.15) is 0 Å². The Morgan fingerprint density at radius 2 is 2.25 bits per heavy atom. The maximum absolute atomic E-state index is 10.9. The number of esters is 1. The third-order valence-corrected chi connectivity index (χ3v) is 2.82. The number of methoxy groups -OCH3 is 1. The zero-order valence-corrected chi connectivity index (χ0v) is 9.32. The second-order valence-corrected chi connectivity index (χ2v) is 3.88. The van der Waals surface area contributed by atoms with E-state index in [0.29, 0.717) is 0 Å². The van der Waals surface area contributed by atoms with E-state index in [1.54, 1.807) is 6.08 Å². The van der Waals surface area contributed by atoms with Crippen molar-refractivity contribution in [1.29, 1.82) is 0 Å². The quantitative estimate of drug-likeness (QED) is 0.559. The van der Waals surface area contributed by atoms with Gasteiger partial charge in [-0.25, -0.2) is 4.79 Å². The minimum Gasteiger partial charge on any atom is -0.466 e. The first kappa shape index (κ1) is 10.7. The van der Waals surface area contributed by atoms with Crippen LogP contribution in [0.3, 0.4) is 0 Å². The van der Waals surface area contributed by atoms with Gasteiger partial charge in [0.25, 0.3) is 0 Å². The van der Waals surface area contributed by atoms with E-state index >= 15 is 0 Å². The molecule has 0 amide bonds. The van der Waals surface area contributed by atoms with Crippen LogP contribution in [0.2, 0.25) is 0 Å². The van der Waals surface area contributed by atoms with E-state index in [-0.39, 0.29) is 5.97 Å². The number of carbonyl (C=O) groups excluding carboxylic acids is 1. The number of hydrogen-bond donors (Lipinski definition) is 0. The van der Waals surface area contributed by atoms with Crippen LogP contribution < -0.4 is 0 Å². The number of allylic oxidation sites excluding steroid dienone is 1. The van der Waals surface area contributed by atoms with E-state index in [4.69, 9.17) is 0 Å². The summed E-state index contributed by atoms with van der Waals surface area (Å²) < 4.78 is 4.54. The lowest BCUT2D eigenvalue weighted by atomic mass is 10.0. The molecule has 0 spiro atoms. The molecular formula is C14H14O2. The van der Waals surface area contributed by atoms with Crippen LogP contribution in [-0.4, -0.2) is 13.1 Å². The van der Waals surface area contributed by atoms with E-state index in [1.165, 1.54) is 29.9 Å². The van der Waals surface area contributed by atoms with Crippen LogP contribution in [0.5, 0.6) is 0 Å². The number of carbonyl (C=O) groups is 1. The smallest absolute Gasteiger partial charge is 0.330 e. The molecule has 0 radical (unpaired) electrons. The summed E-state index contributed by atoms with van der Waals surface area (Å²) in [4.78, 5) is 10.9. The Balaban J connectivity index is 2.23. The molecule has 1 aromatic carbocycles. The maximum Gasteiger partial charge on any atom is 0.330 e. The Morgan fingerprint density at radius 1 is 1.44 bits per heavy atom. The molecule has 0 N–H and O–H groups in total. The summed E-state index contributed by atoms with van der Waals surface area (Å²) in [5.74, 6) is -0.329. The lowest BCUT2D eigenvalue weighted by Gasteiger charge is -2.01. The minimum absolute atomic E-state index is 0.329. The van der Waals surface area contributed by atoms with Crippen LogP contribution in [-0.2, 0) is 16.0 Å². The highest BCUT2D eigenvalue weighted by atomic mass is 16.5. The average Bonchev–Trinajstić information content (AvgIpc) is 2.67. The van der Waals surface area contributed by atoms with Crippen molar-refractivity contribution in [2.24, 2.45) is 0 Å². The van der Waals surface area contributed by atoms with Gasteiger partial charge in [-0.05, 0) is 41.2 Å². The van der Waals surface area contributed by atoms with Gasteiger partial charge in [-0.2, -0.15) is 0 Å². The van der Waals surface area contributed by atoms with Crippen molar-refractivity contribution in [2.75, 3.05) is 7.11 Å². The highest BCUT2D eigenvalue weighted by Crippen LogP contribution is 2.31. The second-order valence-electron chi connectivity index (χ2n) is 3.88. The Bertz CT molecular complexity index is 470. The average molecular weight is 214 g/mol. The first-order valence-corrected chi connectivity index (χ1v) is 5.28. The number of fused-ring (bicyclic) bond motifs is 1. The predicted octanol–water partition coefficient (Wildman–Crippen LogP) is 2.83. The molecule has 0 aliphatic heterocycles. The molecule has 0 atom stereocenters. The molecular weight excluding hydrogens is 200 g/mol. The van der Waals surface area contributed by atoms with Crippen LogP contribution >= 0.6 is 0 Å². The molecule has 1 aromatic rings. The van der Waals surface area contributed by atoms with Crippen LogP contribution in [0.1, 0.15) is 23.1 Å². The van der Waals surface area contributed by atoms with Crippen molar-refractivity contribution < 1.29 is 9.53 Å². The molecule has 0 unspecified atom stereocenters. The monoisotopic (exact) mass is 214 g/mol. The normalized spacial score (nSPS) is 14.2. The van der Waals surface area contributed by atoms with Gasteiger partial charge >= 0.3 is 5.97 Å². The highest BCUT2D eigenvalue weighted by molar-refractivity contribution is 5.87. The van der Waals surface area contributed by atoms with Crippen molar-refractivity contribution >= 4 is 17.6 Å². The van der Waals surface area contributed by atoms with Crippen LogP contribution in [0.25, 0.3) is 11.6 Å². The number of aryl methyl sites for hydroxylation is 1. The summed E-state index contributed by atoms with van der Waals surface area (Å²) >= 11 is 0. The van der Waals surface area contributed by atoms with Crippen LogP contribution in [0, 0.1) is 0 Å². The molecule has 82 valence electrons. The summed E-state index contributed by atoms with van der Waals surface area (Å²) in [7, 11) is 1.37. The van der Waals surface area contributed by atoms with E-state index in [2.05, 4.69) is 23.4 Å². The zero-order valence-electron chi connectivity index (χ0n) is 9.32. The second kappa shape index (κ2) is 4.35. The van der Waals surface area contributed by atoms with Gasteiger partial charge in [0.05, 0.1) is 7.11 Å². The fourth-order valence-corrected chi connectivity index (χ4v) is 1.92. The van der Waals surface area contributed by atoms with E-state index in [1.807, 2.05) is 6.07 Å². The highest BCUT2D eigenvalue weighted by Gasteiger charge is 2.13. The Hall–Kier alpha value is -1.83. The largest absolute Gasteiger partial charge is 0.466 e. The van der Waals surface area contributed by atoms with Crippen LogP contribution in [0.15, 0.2) is 30.9 Å². The van der Waals surface area contributed by atoms with Gasteiger partial charge in [-0.3, -0.25) is 0 Å². The van der Waals surface area contributed by atoms with E-state index in [9.17, 15) is 4.79 Å².